The summed E-state index contributed by atoms with van der Waals surface area (Å²) < 4.78 is 10.1. The average Bonchev–Trinajstić information content (AvgIpc) is 2.15. The van der Waals surface area contributed by atoms with Crippen LogP contribution in [0.2, 0.25) is 0 Å². The highest BCUT2D eigenvalue weighted by atomic mass is 16.5. The van der Waals surface area contributed by atoms with Crippen LogP contribution in [0.4, 0.5) is 0 Å². The molecular weight excluding hydrogens is 196 g/mol. The molecule has 0 saturated heterocycles. The van der Waals surface area contributed by atoms with Gasteiger partial charge in [0.15, 0.2) is 0 Å². The van der Waals surface area contributed by atoms with Crippen molar-refractivity contribution in [2.45, 2.75) is 32.4 Å². The van der Waals surface area contributed by atoms with E-state index in [1.807, 2.05) is 13.8 Å². The third-order valence-corrected chi connectivity index (χ3v) is 1.80. The van der Waals surface area contributed by atoms with Gasteiger partial charge in [-0.15, -0.1) is 0 Å². The molecule has 0 rings (SSSR count). The highest BCUT2D eigenvalue weighted by molar-refractivity contribution is 5.77. The molecule has 5 heteroatoms. The number of amides is 1. The number of rotatable bonds is 8. The molecule has 5 nitrogen and oxygen atoms in total. The fourth-order valence-corrected chi connectivity index (χ4v) is 1.11. The summed E-state index contributed by atoms with van der Waals surface area (Å²) in [5.41, 5.74) is 5.42. The maximum atomic E-state index is 11.4. The Kier molecular flexibility index (Phi) is 8.27. The Balaban J connectivity index is 3.77. The summed E-state index contributed by atoms with van der Waals surface area (Å²) in [6.07, 6.45) is 0.771. The lowest BCUT2D eigenvalue weighted by Gasteiger charge is -2.17. The standard InChI is InChI=1S/C10H22N2O3/c1-8(2)15-7-10(13)12-9(4-5-11)6-14-3/h8-9H,4-7,11H2,1-3H3,(H,12,13). The third-order valence-electron chi connectivity index (χ3n) is 1.80. The quantitative estimate of drug-likeness (QED) is 0.596. The van der Waals surface area contributed by atoms with Crippen molar-refractivity contribution in [3.8, 4) is 0 Å². The first kappa shape index (κ1) is 14.3. The second-order valence-corrected chi connectivity index (χ2v) is 3.66. The largest absolute Gasteiger partial charge is 0.383 e. The molecule has 0 aromatic carbocycles. The van der Waals surface area contributed by atoms with E-state index >= 15 is 0 Å². The van der Waals surface area contributed by atoms with E-state index in [0.717, 1.165) is 0 Å². The maximum absolute atomic E-state index is 11.4. The Morgan fingerprint density at radius 3 is 2.60 bits per heavy atom. The minimum absolute atomic E-state index is 0.0248. The topological polar surface area (TPSA) is 73.6 Å². The smallest absolute Gasteiger partial charge is 0.246 e. The van der Waals surface area contributed by atoms with Gasteiger partial charge in [0.2, 0.25) is 5.91 Å². The van der Waals surface area contributed by atoms with Crippen LogP contribution in [0.3, 0.4) is 0 Å². The van der Waals surface area contributed by atoms with Gasteiger partial charge in [0.05, 0.1) is 18.8 Å². The van der Waals surface area contributed by atoms with Crippen LogP contribution in [0.1, 0.15) is 20.3 Å². The second kappa shape index (κ2) is 8.64. The zero-order valence-corrected chi connectivity index (χ0v) is 9.79. The van der Waals surface area contributed by atoms with E-state index in [-0.39, 0.29) is 24.7 Å². The Bertz CT molecular complexity index is 168. The summed E-state index contributed by atoms with van der Waals surface area (Å²) in [4.78, 5) is 11.4. The summed E-state index contributed by atoms with van der Waals surface area (Å²) in [5.74, 6) is -0.126. The molecule has 0 aliphatic carbocycles. The van der Waals surface area contributed by atoms with Gasteiger partial charge in [-0.2, -0.15) is 0 Å². The van der Waals surface area contributed by atoms with E-state index in [0.29, 0.717) is 19.6 Å². The van der Waals surface area contributed by atoms with Crippen molar-refractivity contribution in [2.75, 3.05) is 26.9 Å². The van der Waals surface area contributed by atoms with E-state index in [4.69, 9.17) is 15.2 Å². The number of carbonyl (C=O) groups is 1. The van der Waals surface area contributed by atoms with Crippen molar-refractivity contribution in [2.24, 2.45) is 5.73 Å². The van der Waals surface area contributed by atoms with Gasteiger partial charge >= 0.3 is 0 Å². The van der Waals surface area contributed by atoms with E-state index in [9.17, 15) is 4.79 Å². The highest BCUT2D eigenvalue weighted by Gasteiger charge is 2.11. The molecule has 0 aromatic heterocycles. The second-order valence-electron chi connectivity index (χ2n) is 3.66. The number of methoxy groups -OCH3 is 1. The van der Waals surface area contributed by atoms with E-state index in [1.54, 1.807) is 7.11 Å². The SMILES string of the molecule is COCC(CCN)NC(=O)COC(C)C. The number of carbonyl (C=O) groups excluding carboxylic acids is 1. The van der Waals surface area contributed by atoms with Crippen LogP contribution in [0.5, 0.6) is 0 Å². The Morgan fingerprint density at radius 1 is 1.47 bits per heavy atom. The summed E-state index contributed by atoms with van der Waals surface area (Å²) in [6.45, 7) is 4.87. The zero-order chi connectivity index (χ0) is 11.7. The highest BCUT2D eigenvalue weighted by Crippen LogP contribution is 1.92. The number of ether oxygens (including phenoxy) is 2. The summed E-state index contributed by atoms with van der Waals surface area (Å²) in [5, 5.41) is 2.81. The molecule has 15 heavy (non-hydrogen) atoms. The van der Waals surface area contributed by atoms with Crippen molar-refractivity contribution >= 4 is 5.91 Å². The van der Waals surface area contributed by atoms with Crippen LogP contribution >= 0.6 is 0 Å². The van der Waals surface area contributed by atoms with Gasteiger partial charge in [0, 0.05) is 7.11 Å². The van der Waals surface area contributed by atoms with Crippen LogP contribution < -0.4 is 11.1 Å². The first-order valence-corrected chi connectivity index (χ1v) is 5.20. The predicted octanol–water partition coefficient (Wildman–Crippen LogP) is -0.109. The number of hydrogen-bond donors (Lipinski definition) is 2. The van der Waals surface area contributed by atoms with Gasteiger partial charge in [-0.3, -0.25) is 4.79 Å². The fraction of sp³-hybridized carbons (Fsp3) is 0.900. The van der Waals surface area contributed by atoms with Gasteiger partial charge in [-0.05, 0) is 26.8 Å². The van der Waals surface area contributed by atoms with E-state index in [1.165, 1.54) is 0 Å². The normalized spacial score (nSPS) is 12.9. The van der Waals surface area contributed by atoms with Crippen LogP contribution in [0, 0.1) is 0 Å². The van der Waals surface area contributed by atoms with Gasteiger partial charge in [-0.25, -0.2) is 0 Å². The van der Waals surface area contributed by atoms with E-state index < -0.39 is 0 Å². The number of nitrogens with two attached hydrogens (primary N) is 1. The molecule has 0 saturated carbocycles. The molecule has 0 aromatic rings. The molecule has 90 valence electrons. The Labute approximate surface area is 91.3 Å². The van der Waals surface area contributed by atoms with Crippen molar-refractivity contribution < 1.29 is 14.3 Å². The van der Waals surface area contributed by atoms with Crippen LogP contribution in [-0.2, 0) is 14.3 Å². The molecule has 1 amide bonds. The fourth-order valence-electron chi connectivity index (χ4n) is 1.11. The molecule has 0 heterocycles. The molecule has 3 N–H and O–H groups in total. The first-order valence-electron chi connectivity index (χ1n) is 5.20. The van der Waals surface area contributed by atoms with Crippen LogP contribution in [0.25, 0.3) is 0 Å². The molecule has 1 atom stereocenters. The third kappa shape index (κ3) is 8.35. The lowest BCUT2D eigenvalue weighted by atomic mass is 10.2. The van der Waals surface area contributed by atoms with Crippen molar-refractivity contribution in [1.82, 2.24) is 5.32 Å². The predicted molar refractivity (Wildman–Crippen MR) is 58.6 cm³/mol. The van der Waals surface area contributed by atoms with Gasteiger partial charge in [0.25, 0.3) is 0 Å². The minimum atomic E-state index is -0.126. The summed E-state index contributed by atoms with van der Waals surface area (Å²) in [6, 6.07) is -0.0248. The van der Waals surface area contributed by atoms with Gasteiger partial charge in [0.1, 0.15) is 6.61 Å². The first-order chi connectivity index (χ1) is 7.10. The summed E-state index contributed by atoms with van der Waals surface area (Å²) in [7, 11) is 1.60. The molecule has 0 radical (unpaired) electrons. The maximum Gasteiger partial charge on any atom is 0.246 e. The number of hydrogen-bond acceptors (Lipinski definition) is 4. The van der Waals surface area contributed by atoms with Gasteiger partial charge in [-0.1, -0.05) is 0 Å². The lowest BCUT2D eigenvalue weighted by Crippen LogP contribution is -2.41. The zero-order valence-electron chi connectivity index (χ0n) is 9.79. The summed E-state index contributed by atoms with van der Waals surface area (Å²) >= 11 is 0. The van der Waals surface area contributed by atoms with Gasteiger partial charge < -0.3 is 20.5 Å². The monoisotopic (exact) mass is 218 g/mol. The molecule has 0 spiro atoms. The van der Waals surface area contributed by atoms with Crippen molar-refractivity contribution in [1.29, 1.82) is 0 Å². The molecule has 1 unspecified atom stereocenters. The van der Waals surface area contributed by atoms with Crippen LogP contribution in [0.15, 0.2) is 0 Å². The van der Waals surface area contributed by atoms with Crippen LogP contribution in [-0.4, -0.2) is 44.9 Å². The lowest BCUT2D eigenvalue weighted by molar-refractivity contribution is -0.128. The Morgan fingerprint density at radius 2 is 2.13 bits per heavy atom. The van der Waals surface area contributed by atoms with Crippen molar-refractivity contribution in [3.63, 3.8) is 0 Å². The van der Waals surface area contributed by atoms with Crippen molar-refractivity contribution in [3.05, 3.63) is 0 Å². The average molecular weight is 218 g/mol. The van der Waals surface area contributed by atoms with E-state index in [2.05, 4.69) is 5.32 Å². The molecular formula is C10H22N2O3. The number of nitrogens with one attached hydrogen (secondary N) is 1. The minimum Gasteiger partial charge on any atom is -0.383 e. The molecule has 0 aliphatic heterocycles. The molecule has 0 bridgehead atoms. The Hall–Kier alpha value is -0.650. The molecule has 0 aliphatic rings. The molecule has 0 fully saturated rings.